The van der Waals surface area contributed by atoms with Gasteiger partial charge in [0.2, 0.25) is 0 Å². The van der Waals surface area contributed by atoms with E-state index in [9.17, 15) is 4.79 Å². The molecule has 2 rings (SSSR count). The summed E-state index contributed by atoms with van der Waals surface area (Å²) < 4.78 is 10.3. The summed E-state index contributed by atoms with van der Waals surface area (Å²) >= 11 is 0. The van der Waals surface area contributed by atoms with Crippen molar-refractivity contribution in [3.63, 3.8) is 0 Å². The topological polar surface area (TPSA) is 35.5 Å². The van der Waals surface area contributed by atoms with Crippen molar-refractivity contribution < 1.29 is 14.3 Å². The van der Waals surface area contributed by atoms with Crippen molar-refractivity contribution in [2.45, 2.75) is 31.8 Å². The number of hydrogen-bond acceptors (Lipinski definition) is 3. The van der Waals surface area contributed by atoms with Crippen LogP contribution in [0.25, 0.3) is 0 Å². The second-order valence-electron chi connectivity index (χ2n) is 4.32. The molecule has 0 saturated heterocycles. The van der Waals surface area contributed by atoms with Gasteiger partial charge in [0, 0.05) is 12.5 Å². The number of esters is 1. The molecule has 0 amide bonds. The number of hydrogen-bond donors (Lipinski definition) is 0. The molecule has 3 nitrogen and oxygen atoms in total. The lowest BCUT2D eigenvalue weighted by Crippen LogP contribution is -2.19. The molecular formula is C10H16O3. The van der Waals surface area contributed by atoms with Crippen LogP contribution in [0, 0.1) is 11.3 Å². The lowest BCUT2D eigenvalue weighted by molar-refractivity contribution is -0.145. The third kappa shape index (κ3) is 0.810. The predicted octanol–water partition coefficient (Wildman–Crippen LogP) is 1.36. The van der Waals surface area contributed by atoms with Crippen LogP contribution in [0.15, 0.2) is 0 Å². The SMILES string of the molecule is COC(=O)[C@@H]1[C@]2(C)CCC[C@]12OC. The first kappa shape index (κ1) is 9.00. The summed E-state index contributed by atoms with van der Waals surface area (Å²) in [6.07, 6.45) is 3.25. The standard InChI is InChI=1S/C10H16O3/c1-9-5-4-6-10(9,13-3)7(9)8(11)12-2/h7H,4-6H2,1-3H3/t7-,9+,10+/m1/s1. The Kier molecular flexibility index (Phi) is 1.71. The molecule has 2 saturated carbocycles. The Bertz CT molecular complexity index is 251. The molecule has 0 heterocycles. The zero-order chi connectivity index (χ0) is 9.69. The monoisotopic (exact) mass is 184 g/mol. The first-order valence-corrected chi connectivity index (χ1v) is 4.75. The van der Waals surface area contributed by atoms with Gasteiger partial charge in [0.25, 0.3) is 0 Å². The molecule has 0 spiro atoms. The fraction of sp³-hybridized carbons (Fsp3) is 0.900. The van der Waals surface area contributed by atoms with E-state index < -0.39 is 0 Å². The number of fused-ring (bicyclic) bond motifs is 1. The summed E-state index contributed by atoms with van der Waals surface area (Å²) in [5.41, 5.74) is -0.144. The Labute approximate surface area is 78.4 Å². The third-order valence-electron chi connectivity index (χ3n) is 4.03. The molecule has 3 heteroatoms. The first-order chi connectivity index (χ1) is 6.12. The van der Waals surface area contributed by atoms with Crippen LogP contribution in [0.3, 0.4) is 0 Å². The highest BCUT2D eigenvalue weighted by molar-refractivity contribution is 5.80. The van der Waals surface area contributed by atoms with Crippen molar-refractivity contribution in [3.8, 4) is 0 Å². The minimum atomic E-state index is -0.194. The minimum absolute atomic E-state index is 0.0243. The van der Waals surface area contributed by atoms with Crippen LogP contribution in [-0.4, -0.2) is 25.8 Å². The highest BCUT2D eigenvalue weighted by Gasteiger charge is 2.80. The molecule has 13 heavy (non-hydrogen) atoms. The van der Waals surface area contributed by atoms with E-state index in [1.807, 2.05) is 0 Å². The van der Waals surface area contributed by atoms with Crippen LogP contribution < -0.4 is 0 Å². The molecular weight excluding hydrogens is 168 g/mol. The van der Waals surface area contributed by atoms with Gasteiger partial charge in [0.15, 0.2) is 0 Å². The fourth-order valence-electron chi connectivity index (χ4n) is 3.25. The van der Waals surface area contributed by atoms with Gasteiger partial charge >= 0.3 is 5.97 Å². The van der Waals surface area contributed by atoms with Crippen molar-refractivity contribution in [1.82, 2.24) is 0 Å². The summed E-state index contributed by atoms with van der Waals surface area (Å²) in [5.74, 6) is -0.132. The van der Waals surface area contributed by atoms with Crippen LogP contribution in [0.1, 0.15) is 26.2 Å². The fourth-order valence-corrected chi connectivity index (χ4v) is 3.25. The zero-order valence-electron chi connectivity index (χ0n) is 8.42. The maximum Gasteiger partial charge on any atom is 0.312 e. The second kappa shape index (κ2) is 2.47. The van der Waals surface area contributed by atoms with Crippen molar-refractivity contribution in [1.29, 1.82) is 0 Å². The summed E-state index contributed by atoms with van der Waals surface area (Å²) in [7, 11) is 3.15. The van der Waals surface area contributed by atoms with E-state index in [0.29, 0.717) is 0 Å². The highest BCUT2D eigenvalue weighted by Crippen LogP contribution is 2.73. The molecule has 0 aliphatic heterocycles. The number of methoxy groups -OCH3 is 2. The van der Waals surface area contributed by atoms with Crippen molar-refractivity contribution in [2.75, 3.05) is 14.2 Å². The largest absolute Gasteiger partial charge is 0.469 e. The number of ether oxygens (including phenoxy) is 2. The van der Waals surface area contributed by atoms with Gasteiger partial charge in [-0.1, -0.05) is 6.92 Å². The van der Waals surface area contributed by atoms with Crippen molar-refractivity contribution in [3.05, 3.63) is 0 Å². The molecule has 0 bridgehead atoms. The van der Waals surface area contributed by atoms with Gasteiger partial charge in [-0.15, -0.1) is 0 Å². The molecule has 2 fully saturated rings. The maximum atomic E-state index is 11.5. The Balaban J connectivity index is 2.22. The smallest absolute Gasteiger partial charge is 0.312 e. The van der Waals surface area contributed by atoms with E-state index in [-0.39, 0.29) is 22.9 Å². The average Bonchev–Trinajstić information content (AvgIpc) is 2.47. The van der Waals surface area contributed by atoms with Gasteiger partial charge in [0.05, 0.1) is 18.6 Å². The highest BCUT2D eigenvalue weighted by atomic mass is 16.5. The Hall–Kier alpha value is -0.570. The summed E-state index contributed by atoms with van der Waals surface area (Å²) in [5, 5.41) is 0. The molecule has 3 atom stereocenters. The minimum Gasteiger partial charge on any atom is -0.469 e. The zero-order valence-corrected chi connectivity index (χ0v) is 8.42. The first-order valence-electron chi connectivity index (χ1n) is 4.75. The van der Waals surface area contributed by atoms with Gasteiger partial charge in [-0.05, 0) is 19.3 Å². The lowest BCUT2D eigenvalue weighted by Gasteiger charge is -2.11. The lowest BCUT2D eigenvalue weighted by atomic mass is 10.0. The Morgan fingerprint density at radius 3 is 2.54 bits per heavy atom. The van der Waals surface area contributed by atoms with Crippen LogP contribution in [-0.2, 0) is 14.3 Å². The number of carbonyl (C=O) groups is 1. The predicted molar refractivity (Wildman–Crippen MR) is 47.2 cm³/mol. The molecule has 0 radical (unpaired) electrons. The quantitative estimate of drug-likeness (QED) is 0.608. The van der Waals surface area contributed by atoms with E-state index >= 15 is 0 Å². The van der Waals surface area contributed by atoms with E-state index in [1.165, 1.54) is 7.11 Å². The Morgan fingerprint density at radius 2 is 2.08 bits per heavy atom. The second-order valence-corrected chi connectivity index (χ2v) is 4.32. The van der Waals surface area contributed by atoms with Crippen LogP contribution in [0.4, 0.5) is 0 Å². The number of rotatable bonds is 2. The van der Waals surface area contributed by atoms with E-state index in [1.54, 1.807) is 7.11 Å². The molecule has 2 aliphatic rings. The van der Waals surface area contributed by atoms with Crippen molar-refractivity contribution in [2.24, 2.45) is 11.3 Å². The van der Waals surface area contributed by atoms with Gasteiger partial charge in [0.1, 0.15) is 0 Å². The van der Waals surface area contributed by atoms with E-state index in [4.69, 9.17) is 9.47 Å². The van der Waals surface area contributed by atoms with Gasteiger partial charge in [-0.25, -0.2) is 0 Å². The summed E-state index contributed by atoms with van der Waals surface area (Å²) in [4.78, 5) is 11.5. The summed E-state index contributed by atoms with van der Waals surface area (Å²) in [6, 6.07) is 0. The number of carbonyl (C=O) groups excluding carboxylic acids is 1. The van der Waals surface area contributed by atoms with Gasteiger partial charge in [-0.3, -0.25) is 4.79 Å². The maximum absolute atomic E-state index is 11.5. The van der Waals surface area contributed by atoms with Gasteiger partial charge < -0.3 is 9.47 Å². The molecule has 74 valence electrons. The molecule has 2 aliphatic carbocycles. The average molecular weight is 184 g/mol. The molecule has 0 N–H and O–H groups in total. The summed E-state index contributed by atoms with van der Waals surface area (Å²) in [6.45, 7) is 2.13. The van der Waals surface area contributed by atoms with Crippen LogP contribution in [0.2, 0.25) is 0 Å². The molecule has 0 aromatic rings. The molecule has 0 aromatic heterocycles. The molecule has 0 unspecified atom stereocenters. The van der Waals surface area contributed by atoms with E-state index in [2.05, 4.69) is 6.92 Å². The van der Waals surface area contributed by atoms with Gasteiger partial charge in [-0.2, -0.15) is 0 Å². The van der Waals surface area contributed by atoms with Crippen LogP contribution >= 0.6 is 0 Å². The normalized spacial score (nSPS) is 47.2. The van der Waals surface area contributed by atoms with Crippen LogP contribution in [0.5, 0.6) is 0 Å². The molecule has 0 aromatic carbocycles. The third-order valence-corrected chi connectivity index (χ3v) is 4.03. The van der Waals surface area contributed by atoms with Crippen molar-refractivity contribution >= 4 is 5.97 Å². The Morgan fingerprint density at radius 1 is 1.38 bits per heavy atom. The van der Waals surface area contributed by atoms with E-state index in [0.717, 1.165) is 19.3 Å².